The number of anilines is 2. The number of benzene rings is 1. The molecule has 1 aromatic heterocycles. The molecule has 2 N–H and O–H groups in total. The van der Waals surface area contributed by atoms with Gasteiger partial charge in [-0.25, -0.2) is 9.59 Å². The summed E-state index contributed by atoms with van der Waals surface area (Å²) in [5.74, 6) is -2.23. The third-order valence-electron chi connectivity index (χ3n) is 4.70. The topological polar surface area (TPSA) is 118 Å². The molecule has 1 aromatic carbocycles. The van der Waals surface area contributed by atoms with E-state index in [2.05, 4.69) is 10.3 Å². The van der Waals surface area contributed by atoms with Gasteiger partial charge in [-0.2, -0.15) is 0 Å². The molecule has 0 aliphatic carbocycles. The highest BCUT2D eigenvalue weighted by atomic mass is 16.5. The molecule has 152 valence electrons. The van der Waals surface area contributed by atoms with E-state index in [4.69, 9.17) is 9.47 Å². The van der Waals surface area contributed by atoms with Crippen LogP contribution in [0.5, 0.6) is 0 Å². The van der Waals surface area contributed by atoms with Gasteiger partial charge in [-0.15, -0.1) is 0 Å². The van der Waals surface area contributed by atoms with Gasteiger partial charge < -0.3 is 19.8 Å². The van der Waals surface area contributed by atoms with Gasteiger partial charge in [-0.1, -0.05) is 12.1 Å². The van der Waals surface area contributed by atoms with Gasteiger partial charge >= 0.3 is 11.9 Å². The van der Waals surface area contributed by atoms with Crippen LogP contribution in [0.4, 0.5) is 11.4 Å². The number of hydrogen-bond acceptors (Lipinski definition) is 6. The van der Waals surface area contributed by atoms with E-state index in [9.17, 15) is 19.2 Å². The highest BCUT2D eigenvalue weighted by molar-refractivity contribution is 6.11. The summed E-state index contributed by atoms with van der Waals surface area (Å²) in [4.78, 5) is 53.4. The van der Waals surface area contributed by atoms with Crippen molar-refractivity contribution in [1.82, 2.24) is 4.98 Å². The number of aryl methyl sites for hydroxylation is 1. The zero-order chi connectivity index (χ0) is 21.3. The third-order valence-corrected chi connectivity index (χ3v) is 4.70. The molecule has 2 amide bonds. The average molecular weight is 399 g/mol. The predicted octanol–water partition coefficient (Wildman–Crippen LogP) is 1.95. The quantitative estimate of drug-likeness (QED) is 0.759. The van der Waals surface area contributed by atoms with Crippen LogP contribution in [0.2, 0.25) is 0 Å². The van der Waals surface area contributed by atoms with Crippen LogP contribution in [0.3, 0.4) is 0 Å². The fourth-order valence-electron chi connectivity index (χ4n) is 3.28. The Morgan fingerprint density at radius 2 is 1.83 bits per heavy atom. The minimum absolute atomic E-state index is 0.0688. The number of nitrogens with one attached hydrogen (secondary N) is 2. The van der Waals surface area contributed by atoms with Gasteiger partial charge in [0.2, 0.25) is 5.91 Å². The molecule has 2 aromatic rings. The van der Waals surface area contributed by atoms with Crippen LogP contribution in [0, 0.1) is 13.8 Å². The van der Waals surface area contributed by atoms with E-state index in [1.807, 2.05) is 0 Å². The van der Waals surface area contributed by atoms with Crippen molar-refractivity contribution < 1.29 is 28.7 Å². The normalized spacial score (nSPS) is 13.9. The van der Waals surface area contributed by atoms with Crippen LogP contribution < -0.4 is 10.2 Å². The Hall–Kier alpha value is -3.62. The number of rotatable bonds is 4. The van der Waals surface area contributed by atoms with Crippen molar-refractivity contribution in [2.45, 2.75) is 26.9 Å². The fraction of sp³-hybridized carbons (Fsp3) is 0.300. The van der Waals surface area contributed by atoms with Crippen molar-refractivity contribution in [3.8, 4) is 0 Å². The number of carbonyl (C=O) groups is 4. The monoisotopic (exact) mass is 399 g/mol. The largest absolute Gasteiger partial charge is 0.465 e. The summed E-state index contributed by atoms with van der Waals surface area (Å²) in [6.07, 6.45) is -1.15. The average Bonchev–Trinajstić information content (AvgIpc) is 3.00. The first-order valence-corrected chi connectivity index (χ1v) is 8.93. The summed E-state index contributed by atoms with van der Waals surface area (Å²) >= 11 is 0. The Labute approximate surface area is 167 Å². The number of para-hydroxylation sites is 2. The van der Waals surface area contributed by atoms with Crippen molar-refractivity contribution >= 4 is 35.1 Å². The number of H-pyrrole nitrogens is 1. The van der Waals surface area contributed by atoms with Gasteiger partial charge in [-0.3, -0.25) is 14.5 Å². The van der Waals surface area contributed by atoms with Gasteiger partial charge in [0.15, 0.2) is 6.10 Å². The summed E-state index contributed by atoms with van der Waals surface area (Å²) in [6, 6.07) is 6.86. The predicted molar refractivity (Wildman–Crippen MR) is 104 cm³/mol. The van der Waals surface area contributed by atoms with Crippen LogP contribution >= 0.6 is 0 Å². The van der Waals surface area contributed by atoms with Gasteiger partial charge in [0.05, 0.1) is 24.0 Å². The van der Waals surface area contributed by atoms with Gasteiger partial charge in [0.25, 0.3) is 5.91 Å². The number of methoxy groups -OCH3 is 1. The number of aromatic amines is 1. The molecule has 1 atom stereocenters. The summed E-state index contributed by atoms with van der Waals surface area (Å²) in [5, 5.41) is 2.69. The summed E-state index contributed by atoms with van der Waals surface area (Å²) in [6.45, 7) is 4.48. The Morgan fingerprint density at radius 3 is 2.52 bits per heavy atom. The lowest BCUT2D eigenvalue weighted by molar-refractivity contribution is -0.128. The molecule has 0 saturated heterocycles. The minimum Gasteiger partial charge on any atom is -0.465 e. The molecule has 9 heteroatoms. The maximum absolute atomic E-state index is 12.9. The third kappa shape index (κ3) is 3.71. The van der Waals surface area contributed by atoms with Crippen molar-refractivity contribution in [1.29, 1.82) is 0 Å². The summed E-state index contributed by atoms with van der Waals surface area (Å²) in [7, 11) is 1.25. The standard InChI is InChI=1S/C20H21N3O6/c1-10-16(19(26)28-4)11(2)21-17(10)20(27)29-12(3)18(25)23-9-15(24)22-13-7-5-6-8-14(13)23/h5-8,12,21H,9H2,1-4H3,(H,22,24)/t12-/m0/s1. The van der Waals surface area contributed by atoms with Crippen LogP contribution in [0.25, 0.3) is 0 Å². The highest BCUT2D eigenvalue weighted by Gasteiger charge is 2.32. The Kier molecular flexibility index (Phi) is 5.40. The summed E-state index contributed by atoms with van der Waals surface area (Å²) in [5.41, 5.74) is 2.19. The van der Waals surface area contributed by atoms with Crippen molar-refractivity contribution in [2.24, 2.45) is 0 Å². The lowest BCUT2D eigenvalue weighted by atomic mass is 10.1. The van der Waals surface area contributed by atoms with E-state index in [-0.39, 0.29) is 23.7 Å². The molecule has 29 heavy (non-hydrogen) atoms. The van der Waals surface area contributed by atoms with Crippen LogP contribution in [-0.4, -0.2) is 48.5 Å². The van der Waals surface area contributed by atoms with Crippen molar-refractivity contribution in [3.05, 3.63) is 46.8 Å². The molecule has 0 fully saturated rings. The fourth-order valence-corrected chi connectivity index (χ4v) is 3.28. The molecule has 0 saturated carbocycles. The Balaban J connectivity index is 1.80. The smallest absolute Gasteiger partial charge is 0.355 e. The first-order valence-electron chi connectivity index (χ1n) is 8.93. The molecular formula is C20H21N3O6. The number of aromatic nitrogens is 1. The first kappa shape index (κ1) is 20.1. The second-order valence-corrected chi connectivity index (χ2v) is 6.65. The molecule has 3 rings (SSSR count). The molecule has 0 spiro atoms. The number of amides is 2. The van der Waals surface area contributed by atoms with Crippen molar-refractivity contribution in [2.75, 3.05) is 23.9 Å². The SMILES string of the molecule is COC(=O)c1c(C)[nH]c(C(=O)O[C@@H](C)C(=O)N2CC(=O)Nc3ccccc32)c1C. The maximum Gasteiger partial charge on any atom is 0.355 e. The van der Waals surface area contributed by atoms with Gasteiger partial charge in [0, 0.05) is 5.69 Å². The molecule has 0 unspecified atom stereocenters. The number of nitrogens with zero attached hydrogens (tertiary/aromatic N) is 1. The molecule has 9 nitrogen and oxygen atoms in total. The Bertz CT molecular complexity index is 1010. The lowest BCUT2D eigenvalue weighted by Crippen LogP contribution is -2.47. The van der Waals surface area contributed by atoms with Gasteiger partial charge in [0.1, 0.15) is 12.2 Å². The van der Waals surface area contributed by atoms with E-state index in [0.717, 1.165) is 0 Å². The number of carbonyl (C=O) groups excluding carboxylic acids is 4. The highest BCUT2D eigenvalue weighted by Crippen LogP contribution is 2.29. The molecule has 0 radical (unpaired) electrons. The van der Waals surface area contributed by atoms with E-state index >= 15 is 0 Å². The van der Waals surface area contributed by atoms with Crippen molar-refractivity contribution in [3.63, 3.8) is 0 Å². The zero-order valence-corrected chi connectivity index (χ0v) is 16.5. The number of hydrogen-bond donors (Lipinski definition) is 2. The van der Waals surface area contributed by atoms with E-state index in [0.29, 0.717) is 22.6 Å². The van der Waals surface area contributed by atoms with Crippen LogP contribution in [0.15, 0.2) is 24.3 Å². The van der Waals surface area contributed by atoms with Gasteiger partial charge in [-0.05, 0) is 38.5 Å². The van der Waals surface area contributed by atoms with E-state index in [1.165, 1.54) is 18.9 Å². The van der Waals surface area contributed by atoms with Crippen LogP contribution in [-0.2, 0) is 19.1 Å². The molecule has 1 aliphatic heterocycles. The number of esters is 2. The van der Waals surface area contributed by atoms with E-state index in [1.54, 1.807) is 38.1 Å². The second-order valence-electron chi connectivity index (χ2n) is 6.65. The molecule has 2 heterocycles. The molecule has 1 aliphatic rings. The number of ether oxygens (including phenoxy) is 2. The second kappa shape index (κ2) is 7.78. The zero-order valence-electron chi connectivity index (χ0n) is 16.5. The Morgan fingerprint density at radius 1 is 1.14 bits per heavy atom. The molecular weight excluding hydrogens is 378 g/mol. The first-order chi connectivity index (χ1) is 13.7. The minimum atomic E-state index is -1.15. The van der Waals surface area contributed by atoms with Crippen LogP contribution in [0.1, 0.15) is 39.0 Å². The number of fused-ring (bicyclic) bond motifs is 1. The molecule has 0 bridgehead atoms. The maximum atomic E-state index is 12.9. The lowest BCUT2D eigenvalue weighted by Gasteiger charge is -2.30. The van der Waals surface area contributed by atoms with E-state index < -0.39 is 23.9 Å². The summed E-state index contributed by atoms with van der Waals surface area (Å²) < 4.78 is 10.0.